The number of imide groups is 1. The Labute approximate surface area is 153 Å². The van der Waals surface area contributed by atoms with Gasteiger partial charge in [0, 0.05) is 13.0 Å². The van der Waals surface area contributed by atoms with Crippen LogP contribution in [0.25, 0.3) is 0 Å². The zero-order valence-corrected chi connectivity index (χ0v) is 15.1. The van der Waals surface area contributed by atoms with Crippen LogP contribution in [-0.4, -0.2) is 36.3 Å². The number of carbonyl (C=O) groups excluding carboxylic acids is 3. The molecule has 2 aliphatic rings. The van der Waals surface area contributed by atoms with Crippen LogP contribution < -0.4 is 10.1 Å². The molecule has 1 fully saturated rings. The van der Waals surface area contributed by atoms with E-state index >= 15 is 0 Å². The second-order valence-electron chi connectivity index (χ2n) is 6.80. The third kappa shape index (κ3) is 3.64. The minimum absolute atomic E-state index is 0.116. The summed E-state index contributed by atoms with van der Waals surface area (Å²) in [6.45, 7) is 2.04. The minimum Gasteiger partial charge on any atom is -0.497 e. The first-order valence-corrected chi connectivity index (χ1v) is 8.94. The van der Waals surface area contributed by atoms with Crippen LogP contribution in [0, 0.1) is 11.8 Å². The number of carbonyl (C=O) groups is 3. The van der Waals surface area contributed by atoms with Gasteiger partial charge in [-0.2, -0.15) is 0 Å². The maximum atomic E-state index is 12.4. The maximum Gasteiger partial charge on any atom is 0.233 e. The van der Waals surface area contributed by atoms with Crippen molar-refractivity contribution in [1.29, 1.82) is 0 Å². The van der Waals surface area contributed by atoms with Gasteiger partial charge < -0.3 is 10.1 Å². The number of likely N-dealkylation sites (tertiary alicyclic amines) is 1. The average molecular weight is 356 g/mol. The molecule has 0 saturated carbocycles. The molecule has 1 aromatic rings. The van der Waals surface area contributed by atoms with Crippen LogP contribution in [0.15, 0.2) is 36.4 Å². The smallest absolute Gasteiger partial charge is 0.233 e. The monoisotopic (exact) mass is 356 g/mol. The molecule has 0 radical (unpaired) electrons. The maximum absolute atomic E-state index is 12.4. The summed E-state index contributed by atoms with van der Waals surface area (Å²) in [5, 5.41) is 2.91. The lowest BCUT2D eigenvalue weighted by atomic mass is 9.85. The summed E-state index contributed by atoms with van der Waals surface area (Å²) in [5.41, 5.74) is 0.963. The van der Waals surface area contributed by atoms with Crippen molar-refractivity contribution in [3.05, 3.63) is 42.0 Å². The molecule has 3 amide bonds. The molecule has 1 aromatic carbocycles. The van der Waals surface area contributed by atoms with Gasteiger partial charge >= 0.3 is 0 Å². The summed E-state index contributed by atoms with van der Waals surface area (Å²) >= 11 is 0. The van der Waals surface area contributed by atoms with Gasteiger partial charge in [-0.05, 0) is 37.5 Å². The summed E-state index contributed by atoms with van der Waals surface area (Å²) < 4.78 is 5.12. The molecule has 1 saturated heterocycles. The van der Waals surface area contributed by atoms with Gasteiger partial charge in [-0.25, -0.2) is 0 Å². The summed E-state index contributed by atoms with van der Waals surface area (Å²) in [7, 11) is 1.60. The zero-order valence-electron chi connectivity index (χ0n) is 15.1. The van der Waals surface area contributed by atoms with Gasteiger partial charge in [-0.1, -0.05) is 24.3 Å². The number of methoxy groups -OCH3 is 1. The Bertz CT molecular complexity index is 700. The van der Waals surface area contributed by atoms with Crippen LogP contribution >= 0.6 is 0 Å². The Kier molecular flexibility index (Phi) is 5.40. The lowest BCUT2D eigenvalue weighted by Crippen LogP contribution is -2.36. The van der Waals surface area contributed by atoms with Crippen molar-refractivity contribution in [1.82, 2.24) is 10.2 Å². The first kappa shape index (κ1) is 18.2. The van der Waals surface area contributed by atoms with Gasteiger partial charge in [0.05, 0.1) is 25.0 Å². The highest BCUT2D eigenvalue weighted by Gasteiger charge is 2.46. The zero-order chi connectivity index (χ0) is 18.7. The van der Waals surface area contributed by atoms with E-state index in [2.05, 4.69) is 5.32 Å². The fourth-order valence-corrected chi connectivity index (χ4v) is 3.59. The first-order chi connectivity index (χ1) is 12.5. The first-order valence-electron chi connectivity index (χ1n) is 8.94. The third-order valence-corrected chi connectivity index (χ3v) is 5.15. The lowest BCUT2D eigenvalue weighted by Gasteiger charge is -2.17. The molecule has 0 bridgehead atoms. The van der Waals surface area contributed by atoms with E-state index in [0.29, 0.717) is 12.8 Å². The molecular weight excluding hydrogens is 332 g/mol. The Balaban J connectivity index is 1.52. The van der Waals surface area contributed by atoms with E-state index in [4.69, 9.17) is 4.74 Å². The van der Waals surface area contributed by atoms with Crippen molar-refractivity contribution >= 4 is 17.7 Å². The fourth-order valence-electron chi connectivity index (χ4n) is 3.59. The second-order valence-corrected chi connectivity index (χ2v) is 6.80. The van der Waals surface area contributed by atoms with Gasteiger partial charge in [0.15, 0.2) is 0 Å². The van der Waals surface area contributed by atoms with Gasteiger partial charge in [0.2, 0.25) is 17.7 Å². The molecule has 6 heteroatoms. The summed E-state index contributed by atoms with van der Waals surface area (Å²) in [4.78, 5) is 38.3. The van der Waals surface area contributed by atoms with Gasteiger partial charge in [0.1, 0.15) is 5.75 Å². The second kappa shape index (κ2) is 7.72. The van der Waals surface area contributed by atoms with E-state index in [1.54, 1.807) is 7.11 Å². The predicted octanol–water partition coefficient (Wildman–Crippen LogP) is 2.21. The number of nitrogens with one attached hydrogen (secondary N) is 1. The fraction of sp³-hybridized carbons (Fsp3) is 0.450. The highest BCUT2D eigenvalue weighted by Crippen LogP contribution is 2.35. The molecule has 3 atom stereocenters. The summed E-state index contributed by atoms with van der Waals surface area (Å²) in [5.74, 6) is -0.181. The molecule has 0 unspecified atom stereocenters. The number of ether oxygens (including phenoxy) is 1. The number of nitrogens with zero attached hydrogens (tertiary/aromatic N) is 1. The molecule has 138 valence electrons. The number of rotatable bonds is 6. The van der Waals surface area contributed by atoms with Crippen LogP contribution in [0.5, 0.6) is 5.75 Å². The van der Waals surface area contributed by atoms with Crippen LogP contribution in [0.2, 0.25) is 0 Å². The molecule has 0 spiro atoms. The SMILES string of the molecule is COc1ccc([C@H](C)NC(=O)CCN2C(=O)[C@H]3CC=CC[C@H]3C2=O)cc1. The van der Waals surface area contributed by atoms with Crippen molar-refractivity contribution in [2.75, 3.05) is 13.7 Å². The van der Waals surface area contributed by atoms with Gasteiger partial charge in [0.25, 0.3) is 0 Å². The Morgan fingerprint density at radius 2 is 1.73 bits per heavy atom. The topological polar surface area (TPSA) is 75.7 Å². The largest absolute Gasteiger partial charge is 0.497 e. The quantitative estimate of drug-likeness (QED) is 0.626. The lowest BCUT2D eigenvalue weighted by molar-refractivity contribution is -0.140. The Morgan fingerprint density at radius 1 is 1.15 bits per heavy atom. The molecule has 1 heterocycles. The molecule has 6 nitrogen and oxygen atoms in total. The van der Waals surface area contributed by atoms with Crippen LogP contribution in [0.4, 0.5) is 0 Å². The number of fused-ring (bicyclic) bond motifs is 1. The van der Waals surface area contributed by atoms with Crippen molar-refractivity contribution in [3.63, 3.8) is 0 Å². The van der Waals surface area contributed by atoms with Crippen molar-refractivity contribution in [3.8, 4) is 5.75 Å². The van der Waals surface area contributed by atoms with Crippen molar-refractivity contribution in [2.45, 2.75) is 32.2 Å². The average Bonchev–Trinajstić information content (AvgIpc) is 2.91. The predicted molar refractivity (Wildman–Crippen MR) is 96.2 cm³/mol. The van der Waals surface area contributed by atoms with E-state index < -0.39 is 0 Å². The van der Waals surface area contributed by atoms with E-state index in [-0.39, 0.29) is 48.6 Å². The van der Waals surface area contributed by atoms with Crippen molar-refractivity contribution < 1.29 is 19.1 Å². The minimum atomic E-state index is -0.242. The molecular formula is C20H24N2O4. The number of allylic oxidation sites excluding steroid dienone is 2. The standard InChI is InChI=1S/C20H24N2O4/c1-13(14-7-9-15(26-2)10-8-14)21-18(23)11-12-22-19(24)16-5-3-4-6-17(16)20(22)25/h3-4,7-10,13,16-17H,5-6,11-12H2,1-2H3,(H,21,23)/t13-,16-,17+/m0/s1. The number of hydrogen-bond acceptors (Lipinski definition) is 4. The van der Waals surface area contributed by atoms with E-state index in [1.165, 1.54) is 4.90 Å². The molecule has 3 rings (SSSR count). The van der Waals surface area contributed by atoms with Crippen LogP contribution in [0.1, 0.15) is 37.8 Å². The van der Waals surface area contributed by atoms with Crippen molar-refractivity contribution in [2.24, 2.45) is 11.8 Å². The normalized spacial score (nSPS) is 22.9. The van der Waals surface area contributed by atoms with E-state index in [1.807, 2.05) is 43.3 Å². The molecule has 1 aliphatic carbocycles. The Morgan fingerprint density at radius 3 is 2.27 bits per heavy atom. The molecule has 0 aromatic heterocycles. The van der Waals surface area contributed by atoms with Gasteiger partial charge in [-0.15, -0.1) is 0 Å². The molecule has 26 heavy (non-hydrogen) atoms. The highest BCUT2D eigenvalue weighted by atomic mass is 16.5. The van der Waals surface area contributed by atoms with Gasteiger partial charge in [-0.3, -0.25) is 19.3 Å². The number of benzene rings is 1. The number of amides is 3. The van der Waals surface area contributed by atoms with Crippen LogP contribution in [0.3, 0.4) is 0 Å². The van der Waals surface area contributed by atoms with E-state index in [9.17, 15) is 14.4 Å². The molecule has 1 N–H and O–H groups in total. The summed E-state index contributed by atoms with van der Waals surface area (Å²) in [6.07, 6.45) is 5.27. The third-order valence-electron chi connectivity index (χ3n) is 5.15. The highest BCUT2D eigenvalue weighted by molar-refractivity contribution is 6.05. The number of hydrogen-bond donors (Lipinski definition) is 1. The van der Waals surface area contributed by atoms with E-state index in [0.717, 1.165) is 11.3 Å². The van der Waals surface area contributed by atoms with Crippen LogP contribution in [-0.2, 0) is 14.4 Å². The Hall–Kier alpha value is -2.63. The molecule has 1 aliphatic heterocycles. The summed E-state index contributed by atoms with van der Waals surface area (Å²) in [6, 6.07) is 7.32.